The Morgan fingerprint density at radius 1 is 0.800 bits per heavy atom. The third-order valence-corrected chi connectivity index (χ3v) is 3.41. The van der Waals surface area contributed by atoms with Gasteiger partial charge in [-0.25, -0.2) is 0 Å². The molecule has 1 aliphatic carbocycles. The third-order valence-electron chi connectivity index (χ3n) is 3.41. The van der Waals surface area contributed by atoms with Gasteiger partial charge < -0.3 is 10.2 Å². The van der Waals surface area contributed by atoms with Gasteiger partial charge in [0.15, 0.2) is 0 Å². The summed E-state index contributed by atoms with van der Waals surface area (Å²) in [5, 5.41) is 3.31. The van der Waals surface area contributed by atoms with Crippen LogP contribution in [0.5, 0.6) is 0 Å². The van der Waals surface area contributed by atoms with Crippen LogP contribution in [0.1, 0.15) is 51.9 Å². The molecule has 2 heteroatoms. The van der Waals surface area contributed by atoms with E-state index in [0.29, 0.717) is 0 Å². The van der Waals surface area contributed by atoms with Crippen LogP contribution < -0.4 is 5.32 Å². The molecule has 2 aliphatic rings. The van der Waals surface area contributed by atoms with E-state index in [1.54, 1.807) is 0 Å². The minimum Gasteiger partial charge on any atom is -0.314 e. The predicted octanol–water partition coefficient (Wildman–Crippen LogP) is 2.64. The van der Waals surface area contributed by atoms with E-state index in [9.17, 15) is 0 Å². The van der Waals surface area contributed by atoms with Crippen LogP contribution in [0.15, 0.2) is 0 Å². The molecule has 1 aliphatic heterocycles. The van der Waals surface area contributed by atoms with Crippen LogP contribution in [0, 0.1) is 0 Å². The topological polar surface area (TPSA) is 15.3 Å². The molecule has 2 rings (SSSR count). The van der Waals surface area contributed by atoms with Crippen molar-refractivity contribution in [3.8, 4) is 0 Å². The van der Waals surface area contributed by atoms with E-state index in [0.717, 1.165) is 0 Å². The molecule has 0 amide bonds. The fraction of sp³-hybridized carbons (Fsp3) is 1.00. The lowest BCUT2D eigenvalue weighted by Gasteiger charge is -2.25. The summed E-state index contributed by atoms with van der Waals surface area (Å²) < 4.78 is 0. The van der Waals surface area contributed by atoms with Gasteiger partial charge in [0, 0.05) is 26.2 Å². The molecular formula is C13H28N2. The van der Waals surface area contributed by atoms with Crippen molar-refractivity contribution in [3.05, 3.63) is 0 Å². The highest BCUT2D eigenvalue weighted by Crippen LogP contribution is 2.15. The Hall–Kier alpha value is -0.0800. The Balaban J connectivity index is 0.000000151. The molecule has 90 valence electrons. The first kappa shape index (κ1) is 13.0. The number of piperazine rings is 1. The van der Waals surface area contributed by atoms with Gasteiger partial charge in [-0.2, -0.15) is 0 Å². The molecule has 0 unspecified atom stereocenters. The van der Waals surface area contributed by atoms with E-state index >= 15 is 0 Å². The van der Waals surface area contributed by atoms with E-state index in [-0.39, 0.29) is 0 Å². The molecule has 1 heterocycles. The number of likely N-dealkylation sites (N-methyl/N-ethyl adjacent to an activating group) is 1. The Bertz CT molecular complexity index is 111. The van der Waals surface area contributed by atoms with Gasteiger partial charge in [0.25, 0.3) is 0 Å². The second kappa shape index (κ2) is 9.17. The van der Waals surface area contributed by atoms with Crippen molar-refractivity contribution >= 4 is 0 Å². The maximum absolute atomic E-state index is 3.31. The number of nitrogens with zero attached hydrogens (tertiary/aromatic N) is 1. The van der Waals surface area contributed by atoms with Crippen LogP contribution >= 0.6 is 0 Å². The van der Waals surface area contributed by atoms with Crippen molar-refractivity contribution in [3.63, 3.8) is 0 Å². The highest BCUT2D eigenvalue weighted by molar-refractivity contribution is 4.64. The van der Waals surface area contributed by atoms with Gasteiger partial charge in [-0.15, -0.1) is 0 Å². The van der Waals surface area contributed by atoms with Crippen LogP contribution in [0.4, 0.5) is 0 Å². The molecule has 0 atom stereocenters. The quantitative estimate of drug-likeness (QED) is 0.672. The zero-order chi connectivity index (χ0) is 10.8. The zero-order valence-electron chi connectivity index (χ0n) is 10.4. The molecule has 1 saturated heterocycles. The van der Waals surface area contributed by atoms with Gasteiger partial charge >= 0.3 is 0 Å². The fourth-order valence-corrected chi connectivity index (χ4v) is 2.26. The summed E-state index contributed by atoms with van der Waals surface area (Å²) in [5.41, 5.74) is 0. The number of hydrogen-bond acceptors (Lipinski definition) is 2. The minimum atomic E-state index is 1.17. The summed E-state index contributed by atoms with van der Waals surface area (Å²) in [5.74, 6) is 0. The van der Waals surface area contributed by atoms with Gasteiger partial charge in [-0.3, -0.25) is 0 Å². The predicted molar refractivity (Wildman–Crippen MR) is 67.3 cm³/mol. The van der Waals surface area contributed by atoms with E-state index < -0.39 is 0 Å². The molecule has 1 N–H and O–H groups in total. The maximum atomic E-state index is 3.31. The van der Waals surface area contributed by atoms with Crippen LogP contribution in [-0.2, 0) is 0 Å². The minimum absolute atomic E-state index is 1.17. The summed E-state index contributed by atoms with van der Waals surface area (Å²) in [6, 6.07) is 0. The lowest BCUT2D eigenvalue weighted by atomic mass is 10.2. The smallest absolute Gasteiger partial charge is 0.0107 e. The summed E-state index contributed by atoms with van der Waals surface area (Å²) in [4.78, 5) is 2.45. The number of nitrogens with one attached hydrogen (secondary N) is 1. The first-order valence-corrected chi connectivity index (χ1v) is 6.86. The second-order valence-corrected chi connectivity index (χ2v) is 4.66. The largest absolute Gasteiger partial charge is 0.314 e. The van der Waals surface area contributed by atoms with Gasteiger partial charge in [-0.1, -0.05) is 51.9 Å². The first-order valence-electron chi connectivity index (χ1n) is 6.86. The highest BCUT2D eigenvalue weighted by Gasteiger charge is 2.04. The van der Waals surface area contributed by atoms with Crippen LogP contribution in [0.25, 0.3) is 0 Å². The standard InChI is InChI=1S/C7H14.C6H14N2/c1-2-4-6-7-5-3-1;1-2-8-5-3-7-4-6-8/h1-7H2;7H,2-6H2,1H3. The molecule has 2 nitrogen and oxygen atoms in total. The van der Waals surface area contributed by atoms with Crippen LogP contribution in [0.3, 0.4) is 0 Å². The summed E-state index contributed by atoms with van der Waals surface area (Å²) in [6.45, 7) is 8.24. The third kappa shape index (κ3) is 6.91. The Morgan fingerprint density at radius 2 is 1.20 bits per heavy atom. The zero-order valence-corrected chi connectivity index (χ0v) is 10.4. The van der Waals surface area contributed by atoms with Crippen molar-refractivity contribution in [1.29, 1.82) is 0 Å². The molecule has 1 saturated carbocycles. The fourth-order valence-electron chi connectivity index (χ4n) is 2.26. The van der Waals surface area contributed by atoms with Crippen LogP contribution in [0.2, 0.25) is 0 Å². The van der Waals surface area contributed by atoms with Crippen molar-refractivity contribution < 1.29 is 0 Å². The molecular weight excluding hydrogens is 184 g/mol. The molecule has 15 heavy (non-hydrogen) atoms. The summed E-state index contributed by atoms with van der Waals surface area (Å²) in [7, 11) is 0. The van der Waals surface area contributed by atoms with Gasteiger partial charge in [-0.05, 0) is 6.54 Å². The number of rotatable bonds is 1. The van der Waals surface area contributed by atoms with Crippen molar-refractivity contribution in [2.24, 2.45) is 0 Å². The van der Waals surface area contributed by atoms with E-state index in [2.05, 4.69) is 17.1 Å². The first-order chi connectivity index (χ1) is 7.43. The average Bonchev–Trinajstić information content (AvgIpc) is 2.63. The Morgan fingerprint density at radius 3 is 1.47 bits per heavy atom. The van der Waals surface area contributed by atoms with E-state index in [1.165, 1.54) is 77.7 Å². The Labute approximate surface area is 95.4 Å². The van der Waals surface area contributed by atoms with Crippen molar-refractivity contribution in [1.82, 2.24) is 10.2 Å². The maximum Gasteiger partial charge on any atom is 0.0107 e. The lowest BCUT2D eigenvalue weighted by Crippen LogP contribution is -2.43. The summed E-state index contributed by atoms with van der Waals surface area (Å²) in [6.07, 6.45) is 10.5. The van der Waals surface area contributed by atoms with Crippen molar-refractivity contribution in [2.45, 2.75) is 51.9 Å². The SMILES string of the molecule is C1CCCCCC1.CCN1CCNCC1. The summed E-state index contributed by atoms with van der Waals surface area (Å²) >= 11 is 0. The monoisotopic (exact) mass is 212 g/mol. The molecule has 0 radical (unpaired) electrons. The average molecular weight is 212 g/mol. The highest BCUT2D eigenvalue weighted by atomic mass is 15.2. The van der Waals surface area contributed by atoms with Crippen LogP contribution in [-0.4, -0.2) is 37.6 Å². The molecule has 0 aromatic carbocycles. The second-order valence-electron chi connectivity index (χ2n) is 4.66. The normalized spacial score (nSPS) is 23.8. The van der Waals surface area contributed by atoms with E-state index in [1.807, 2.05) is 0 Å². The van der Waals surface area contributed by atoms with Gasteiger partial charge in [0.05, 0.1) is 0 Å². The molecule has 0 aromatic rings. The Kier molecular flexibility index (Phi) is 7.94. The number of hydrogen-bond donors (Lipinski definition) is 1. The van der Waals surface area contributed by atoms with Crippen molar-refractivity contribution in [2.75, 3.05) is 32.7 Å². The molecule has 0 spiro atoms. The molecule has 0 bridgehead atoms. The van der Waals surface area contributed by atoms with E-state index in [4.69, 9.17) is 0 Å². The molecule has 0 aromatic heterocycles. The van der Waals surface area contributed by atoms with Gasteiger partial charge in [0.2, 0.25) is 0 Å². The lowest BCUT2D eigenvalue weighted by molar-refractivity contribution is 0.253. The van der Waals surface area contributed by atoms with Gasteiger partial charge in [0.1, 0.15) is 0 Å². The molecule has 2 fully saturated rings.